The highest BCUT2D eigenvalue weighted by Gasteiger charge is 2.29. The summed E-state index contributed by atoms with van der Waals surface area (Å²) in [5.41, 5.74) is 8.66. The minimum absolute atomic E-state index is 0.282. The number of ether oxygens (including phenoxy) is 1. The van der Waals surface area contributed by atoms with E-state index in [0.717, 1.165) is 19.6 Å². The van der Waals surface area contributed by atoms with Gasteiger partial charge in [0.2, 0.25) is 0 Å². The zero-order valence-corrected chi connectivity index (χ0v) is 12.9. The first-order valence-electron chi connectivity index (χ1n) is 7.38. The zero-order valence-electron chi connectivity index (χ0n) is 12.9. The topological polar surface area (TPSA) is 41.7 Å². The fourth-order valence-electron chi connectivity index (χ4n) is 3.20. The largest absolute Gasteiger partial charge is 0.380 e. The molecule has 2 atom stereocenters. The Morgan fingerprint density at radius 3 is 2.75 bits per heavy atom. The third-order valence-corrected chi connectivity index (χ3v) is 4.22. The van der Waals surface area contributed by atoms with E-state index in [1.807, 2.05) is 0 Å². The van der Waals surface area contributed by atoms with Gasteiger partial charge in [-0.05, 0) is 25.1 Å². The van der Waals surface area contributed by atoms with E-state index in [0.29, 0.717) is 19.2 Å². The maximum absolute atomic E-state index is 6.10. The second-order valence-corrected chi connectivity index (χ2v) is 5.73. The third kappa shape index (κ3) is 3.38. The monoisotopic (exact) mass is 277 g/mol. The minimum atomic E-state index is 0.282. The van der Waals surface area contributed by atoms with E-state index in [1.165, 1.54) is 11.1 Å². The molecule has 1 aliphatic rings. The molecule has 1 saturated heterocycles. The number of methoxy groups -OCH3 is 1. The summed E-state index contributed by atoms with van der Waals surface area (Å²) >= 11 is 0. The molecule has 0 saturated carbocycles. The van der Waals surface area contributed by atoms with Crippen molar-refractivity contribution in [3.05, 3.63) is 35.4 Å². The van der Waals surface area contributed by atoms with Crippen molar-refractivity contribution >= 4 is 0 Å². The maximum Gasteiger partial charge on any atom is 0.0716 e. The summed E-state index contributed by atoms with van der Waals surface area (Å²) in [5, 5.41) is 0. The molecule has 0 amide bonds. The molecule has 1 aromatic rings. The molecule has 0 radical (unpaired) electrons. The van der Waals surface area contributed by atoms with Gasteiger partial charge in [0, 0.05) is 45.4 Å². The number of likely N-dealkylation sites (N-methyl/N-ethyl adjacent to an activating group) is 1. The number of hydrogen-bond donors (Lipinski definition) is 1. The van der Waals surface area contributed by atoms with Crippen LogP contribution in [0.5, 0.6) is 0 Å². The van der Waals surface area contributed by atoms with Gasteiger partial charge in [-0.3, -0.25) is 4.90 Å². The van der Waals surface area contributed by atoms with Crippen LogP contribution in [-0.4, -0.2) is 56.2 Å². The van der Waals surface area contributed by atoms with Crippen LogP contribution in [-0.2, 0) is 11.3 Å². The summed E-state index contributed by atoms with van der Waals surface area (Å²) in [7, 11) is 3.93. The second-order valence-electron chi connectivity index (χ2n) is 5.73. The van der Waals surface area contributed by atoms with Crippen molar-refractivity contribution in [2.45, 2.75) is 25.6 Å². The predicted molar refractivity (Wildman–Crippen MR) is 82.6 cm³/mol. The maximum atomic E-state index is 6.10. The Kier molecular flexibility index (Phi) is 5.54. The molecule has 0 aromatic heterocycles. The Balaban J connectivity index is 2.23. The highest BCUT2D eigenvalue weighted by Crippen LogP contribution is 2.27. The van der Waals surface area contributed by atoms with E-state index in [2.05, 4.69) is 48.0 Å². The fourth-order valence-corrected chi connectivity index (χ4v) is 3.20. The van der Waals surface area contributed by atoms with E-state index in [4.69, 9.17) is 10.5 Å². The van der Waals surface area contributed by atoms with Gasteiger partial charge in [0.15, 0.2) is 0 Å². The van der Waals surface area contributed by atoms with Crippen molar-refractivity contribution in [1.29, 1.82) is 0 Å². The minimum Gasteiger partial charge on any atom is -0.380 e. The lowest BCUT2D eigenvalue weighted by atomic mass is 9.97. The third-order valence-electron chi connectivity index (χ3n) is 4.22. The fraction of sp³-hybridized carbons (Fsp3) is 0.625. The van der Waals surface area contributed by atoms with Crippen LogP contribution in [0, 0.1) is 0 Å². The molecule has 112 valence electrons. The van der Waals surface area contributed by atoms with Crippen molar-refractivity contribution in [1.82, 2.24) is 9.80 Å². The molecule has 4 heteroatoms. The van der Waals surface area contributed by atoms with Gasteiger partial charge in [0.05, 0.1) is 6.61 Å². The quantitative estimate of drug-likeness (QED) is 0.885. The average Bonchev–Trinajstić information content (AvgIpc) is 2.44. The van der Waals surface area contributed by atoms with Gasteiger partial charge >= 0.3 is 0 Å². The highest BCUT2D eigenvalue weighted by molar-refractivity contribution is 5.30. The van der Waals surface area contributed by atoms with E-state index in [-0.39, 0.29) is 6.04 Å². The van der Waals surface area contributed by atoms with Gasteiger partial charge in [-0.1, -0.05) is 24.3 Å². The van der Waals surface area contributed by atoms with Crippen molar-refractivity contribution in [3.63, 3.8) is 0 Å². The summed E-state index contributed by atoms with van der Waals surface area (Å²) in [6, 6.07) is 9.30. The molecule has 0 spiro atoms. The van der Waals surface area contributed by atoms with Crippen LogP contribution >= 0.6 is 0 Å². The first kappa shape index (κ1) is 15.4. The molecule has 0 bridgehead atoms. The van der Waals surface area contributed by atoms with Crippen LogP contribution in [0.2, 0.25) is 0 Å². The van der Waals surface area contributed by atoms with Gasteiger partial charge in [0.1, 0.15) is 0 Å². The molecule has 1 aromatic carbocycles. The Morgan fingerprint density at radius 2 is 2.10 bits per heavy atom. The van der Waals surface area contributed by atoms with E-state index in [9.17, 15) is 0 Å². The molecule has 2 unspecified atom stereocenters. The molecular weight excluding hydrogens is 250 g/mol. The van der Waals surface area contributed by atoms with E-state index < -0.39 is 0 Å². The zero-order chi connectivity index (χ0) is 14.5. The molecule has 4 nitrogen and oxygen atoms in total. The van der Waals surface area contributed by atoms with E-state index >= 15 is 0 Å². The normalized spacial score (nSPS) is 22.9. The molecule has 1 heterocycles. The van der Waals surface area contributed by atoms with Crippen LogP contribution in [0.15, 0.2) is 24.3 Å². The number of rotatable bonds is 5. The Labute approximate surface area is 122 Å². The van der Waals surface area contributed by atoms with Gasteiger partial charge in [-0.25, -0.2) is 0 Å². The Morgan fingerprint density at radius 1 is 1.35 bits per heavy atom. The molecule has 1 fully saturated rings. The SMILES string of the molecule is COCc1ccccc1C(CN)N1CCN(C)CC1C. The van der Waals surface area contributed by atoms with Gasteiger partial charge in [0.25, 0.3) is 0 Å². The lowest BCUT2D eigenvalue weighted by Crippen LogP contribution is -2.53. The number of hydrogen-bond acceptors (Lipinski definition) is 4. The lowest BCUT2D eigenvalue weighted by molar-refractivity contribution is 0.0624. The van der Waals surface area contributed by atoms with Crippen LogP contribution in [0.25, 0.3) is 0 Å². The number of piperazine rings is 1. The summed E-state index contributed by atoms with van der Waals surface area (Å²) in [6.45, 7) is 6.86. The highest BCUT2D eigenvalue weighted by atomic mass is 16.5. The van der Waals surface area contributed by atoms with Crippen molar-refractivity contribution in [3.8, 4) is 0 Å². The first-order valence-corrected chi connectivity index (χ1v) is 7.38. The average molecular weight is 277 g/mol. The summed E-state index contributed by atoms with van der Waals surface area (Å²) in [6.07, 6.45) is 0. The van der Waals surface area contributed by atoms with Crippen LogP contribution in [0.4, 0.5) is 0 Å². The predicted octanol–water partition coefficient (Wildman–Crippen LogP) is 1.47. The van der Waals surface area contributed by atoms with Gasteiger partial charge in [-0.2, -0.15) is 0 Å². The first-order chi connectivity index (χ1) is 9.67. The number of nitrogens with two attached hydrogens (primary N) is 1. The lowest BCUT2D eigenvalue weighted by Gasteiger charge is -2.43. The molecule has 2 rings (SSSR count). The van der Waals surface area contributed by atoms with E-state index in [1.54, 1.807) is 7.11 Å². The second kappa shape index (κ2) is 7.18. The standard InChI is InChI=1S/C16H27N3O/c1-13-11-18(2)8-9-19(13)16(10-17)15-7-5-4-6-14(15)12-20-3/h4-7,13,16H,8-12,17H2,1-3H3. The van der Waals surface area contributed by atoms with Crippen molar-refractivity contribution < 1.29 is 4.74 Å². The summed E-state index contributed by atoms with van der Waals surface area (Å²) in [4.78, 5) is 4.92. The summed E-state index contributed by atoms with van der Waals surface area (Å²) in [5.74, 6) is 0. The molecular formula is C16H27N3O. The Bertz CT molecular complexity index is 424. The number of nitrogens with zero attached hydrogens (tertiary/aromatic N) is 2. The van der Waals surface area contributed by atoms with Crippen LogP contribution < -0.4 is 5.73 Å². The van der Waals surface area contributed by atoms with Crippen LogP contribution in [0.3, 0.4) is 0 Å². The molecule has 1 aliphatic heterocycles. The van der Waals surface area contributed by atoms with Gasteiger partial charge in [-0.15, -0.1) is 0 Å². The van der Waals surface area contributed by atoms with Crippen LogP contribution in [0.1, 0.15) is 24.1 Å². The number of benzene rings is 1. The van der Waals surface area contributed by atoms with Gasteiger partial charge < -0.3 is 15.4 Å². The smallest absolute Gasteiger partial charge is 0.0716 e. The molecule has 2 N–H and O–H groups in total. The summed E-state index contributed by atoms with van der Waals surface area (Å²) < 4.78 is 5.33. The Hall–Kier alpha value is -0.940. The van der Waals surface area contributed by atoms with Crippen molar-refractivity contribution in [2.75, 3.05) is 40.3 Å². The van der Waals surface area contributed by atoms with Crippen molar-refractivity contribution in [2.24, 2.45) is 5.73 Å². The molecule has 0 aliphatic carbocycles. The molecule has 20 heavy (non-hydrogen) atoms.